The number of amides is 2. The molecular formula is C23H28N2O3. The van der Waals surface area contributed by atoms with Gasteiger partial charge in [-0.2, -0.15) is 0 Å². The molecule has 1 aliphatic rings. The average molecular weight is 380 g/mol. The predicted molar refractivity (Wildman–Crippen MR) is 109 cm³/mol. The molecule has 148 valence electrons. The zero-order valence-corrected chi connectivity index (χ0v) is 17.1. The molecule has 1 fully saturated rings. The van der Waals surface area contributed by atoms with E-state index in [1.54, 1.807) is 29.2 Å². The second-order valence-corrected chi connectivity index (χ2v) is 7.97. The SMILES string of the molecule is CC(C)N1C(=O)[C@H](c2ccc(C(=O)N[C@@H](C)c3ccccc3)cc2)OC1(C)C. The van der Waals surface area contributed by atoms with Gasteiger partial charge in [-0.25, -0.2) is 0 Å². The molecule has 0 spiro atoms. The third-order valence-electron chi connectivity index (χ3n) is 5.09. The summed E-state index contributed by atoms with van der Waals surface area (Å²) >= 11 is 0. The smallest absolute Gasteiger partial charge is 0.258 e. The van der Waals surface area contributed by atoms with Crippen molar-refractivity contribution in [1.82, 2.24) is 10.2 Å². The highest BCUT2D eigenvalue weighted by atomic mass is 16.5. The van der Waals surface area contributed by atoms with Crippen molar-refractivity contribution in [2.24, 2.45) is 0 Å². The van der Waals surface area contributed by atoms with Gasteiger partial charge in [0.2, 0.25) is 0 Å². The van der Waals surface area contributed by atoms with Crippen LogP contribution < -0.4 is 5.32 Å². The molecule has 1 aliphatic heterocycles. The maximum Gasteiger partial charge on any atom is 0.258 e. The molecule has 3 rings (SSSR count). The van der Waals surface area contributed by atoms with Crippen molar-refractivity contribution in [2.75, 3.05) is 0 Å². The molecule has 2 aromatic carbocycles. The summed E-state index contributed by atoms with van der Waals surface area (Å²) < 4.78 is 6.02. The Labute approximate surface area is 166 Å². The standard InChI is InChI=1S/C23H28N2O3/c1-15(2)25-22(27)20(28-23(25,4)5)18-11-13-19(14-12-18)21(26)24-16(3)17-9-7-6-8-10-17/h6-16,20H,1-5H3,(H,24,26)/t16-,20-/m0/s1. The normalized spacial score (nSPS) is 19.7. The van der Waals surface area contributed by atoms with Crippen LogP contribution in [0.1, 0.15) is 68.2 Å². The van der Waals surface area contributed by atoms with Gasteiger partial charge in [-0.15, -0.1) is 0 Å². The van der Waals surface area contributed by atoms with E-state index in [0.29, 0.717) is 5.56 Å². The van der Waals surface area contributed by atoms with Crippen LogP contribution in [0.2, 0.25) is 0 Å². The number of carbonyl (C=O) groups is 2. The van der Waals surface area contributed by atoms with Gasteiger partial charge in [0.1, 0.15) is 5.72 Å². The van der Waals surface area contributed by atoms with Crippen molar-refractivity contribution < 1.29 is 14.3 Å². The minimum atomic E-state index is -0.656. The van der Waals surface area contributed by atoms with E-state index in [2.05, 4.69) is 5.32 Å². The molecule has 5 nitrogen and oxygen atoms in total. The molecule has 28 heavy (non-hydrogen) atoms. The fraction of sp³-hybridized carbons (Fsp3) is 0.391. The van der Waals surface area contributed by atoms with Crippen molar-refractivity contribution in [3.63, 3.8) is 0 Å². The van der Waals surface area contributed by atoms with Crippen molar-refractivity contribution >= 4 is 11.8 Å². The quantitative estimate of drug-likeness (QED) is 0.845. The Morgan fingerprint density at radius 3 is 2.18 bits per heavy atom. The van der Waals surface area contributed by atoms with Crippen LogP contribution >= 0.6 is 0 Å². The van der Waals surface area contributed by atoms with E-state index in [1.165, 1.54) is 0 Å². The predicted octanol–water partition coefficient (Wildman–Crippen LogP) is 4.22. The molecule has 2 atom stereocenters. The van der Waals surface area contributed by atoms with Gasteiger partial charge >= 0.3 is 0 Å². The van der Waals surface area contributed by atoms with Gasteiger partial charge in [0.25, 0.3) is 11.8 Å². The lowest BCUT2D eigenvalue weighted by Gasteiger charge is -2.32. The zero-order chi connectivity index (χ0) is 20.5. The van der Waals surface area contributed by atoms with Crippen LogP contribution in [0.25, 0.3) is 0 Å². The van der Waals surface area contributed by atoms with Crippen molar-refractivity contribution in [3.8, 4) is 0 Å². The number of hydrogen-bond donors (Lipinski definition) is 1. The summed E-state index contributed by atoms with van der Waals surface area (Å²) in [6.07, 6.45) is -0.641. The van der Waals surface area contributed by atoms with Gasteiger partial charge < -0.3 is 15.0 Å². The fourth-order valence-electron chi connectivity index (χ4n) is 3.79. The fourth-order valence-corrected chi connectivity index (χ4v) is 3.79. The zero-order valence-electron chi connectivity index (χ0n) is 17.1. The Hall–Kier alpha value is -2.66. The third-order valence-corrected chi connectivity index (χ3v) is 5.09. The van der Waals surface area contributed by atoms with Gasteiger partial charge in [0.05, 0.1) is 6.04 Å². The minimum Gasteiger partial charge on any atom is -0.346 e. The van der Waals surface area contributed by atoms with Crippen molar-refractivity contribution in [3.05, 3.63) is 71.3 Å². The first-order chi connectivity index (χ1) is 13.2. The average Bonchev–Trinajstić information content (AvgIpc) is 2.91. The number of rotatable bonds is 5. The lowest BCUT2D eigenvalue weighted by molar-refractivity contribution is -0.134. The van der Waals surface area contributed by atoms with Crippen molar-refractivity contribution in [1.29, 1.82) is 0 Å². The van der Waals surface area contributed by atoms with Crippen LogP contribution in [-0.4, -0.2) is 28.5 Å². The molecule has 0 aromatic heterocycles. The van der Waals surface area contributed by atoms with Gasteiger partial charge in [0, 0.05) is 11.6 Å². The molecular weight excluding hydrogens is 352 g/mol. The summed E-state index contributed by atoms with van der Waals surface area (Å²) in [5.74, 6) is -0.194. The first-order valence-electron chi connectivity index (χ1n) is 9.67. The molecule has 2 aromatic rings. The van der Waals surface area contributed by atoms with Gasteiger partial charge in [-0.05, 0) is 57.9 Å². The topological polar surface area (TPSA) is 58.6 Å². The number of hydrogen-bond acceptors (Lipinski definition) is 3. The first kappa shape index (κ1) is 20.1. The number of ether oxygens (including phenoxy) is 1. The van der Waals surface area contributed by atoms with Crippen LogP contribution in [-0.2, 0) is 9.53 Å². The Morgan fingerprint density at radius 2 is 1.64 bits per heavy atom. The summed E-state index contributed by atoms with van der Waals surface area (Å²) in [4.78, 5) is 27.1. The lowest BCUT2D eigenvalue weighted by Crippen LogP contribution is -2.46. The van der Waals surface area contributed by atoms with Gasteiger partial charge in [-0.1, -0.05) is 42.5 Å². The molecule has 5 heteroatoms. The number of benzene rings is 2. The van der Waals surface area contributed by atoms with Crippen molar-refractivity contribution in [2.45, 2.75) is 58.5 Å². The van der Waals surface area contributed by atoms with Crippen LogP contribution in [0, 0.1) is 0 Å². The highest BCUT2D eigenvalue weighted by Gasteiger charge is 2.47. The summed E-state index contributed by atoms with van der Waals surface area (Å²) in [5, 5.41) is 3.00. The van der Waals surface area contributed by atoms with E-state index in [0.717, 1.165) is 11.1 Å². The summed E-state index contributed by atoms with van der Waals surface area (Å²) in [7, 11) is 0. The third kappa shape index (κ3) is 3.94. The molecule has 1 saturated heterocycles. The molecule has 0 saturated carbocycles. The second kappa shape index (κ2) is 7.76. The monoisotopic (exact) mass is 380 g/mol. The van der Waals surface area contributed by atoms with E-state index in [-0.39, 0.29) is 23.9 Å². The molecule has 0 bridgehead atoms. The van der Waals surface area contributed by atoms with Crippen LogP contribution in [0.3, 0.4) is 0 Å². The minimum absolute atomic E-state index is 0.0464. The van der Waals surface area contributed by atoms with E-state index >= 15 is 0 Å². The second-order valence-electron chi connectivity index (χ2n) is 7.97. The Bertz CT molecular complexity index is 844. The molecule has 1 heterocycles. The number of nitrogens with zero attached hydrogens (tertiary/aromatic N) is 1. The van der Waals surface area contributed by atoms with Crippen LogP contribution in [0.5, 0.6) is 0 Å². The summed E-state index contributed by atoms with van der Waals surface area (Å²) in [5.41, 5.74) is 1.70. The molecule has 2 amide bonds. The maximum absolute atomic E-state index is 12.8. The highest BCUT2D eigenvalue weighted by molar-refractivity contribution is 5.94. The van der Waals surface area contributed by atoms with Crippen LogP contribution in [0.15, 0.2) is 54.6 Å². The molecule has 0 radical (unpaired) electrons. The summed E-state index contributed by atoms with van der Waals surface area (Å²) in [6, 6.07) is 16.9. The van der Waals surface area contributed by atoms with E-state index in [1.807, 2.05) is 65.0 Å². The largest absolute Gasteiger partial charge is 0.346 e. The lowest BCUT2D eigenvalue weighted by atomic mass is 10.0. The Balaban J connectivity index is 1.72. The molecule has 1 N–H and O–H groups in total. The van der Waals surface area contributed by atoms with Crippen LogP contribution in [0.4, 0.5) is 0 Å². The van der Waals surface area contributed by atoms with E-state index in [9.17, 15) is 9.59 Å². The molecule has 0 aliphatic carbocycles. The number of nitrogens with one attached hydrogen (secondary N) is 1. The Morgan fingerprint density at radius 1 is 1.04 bits per heavy atom. The maximum atomic E-state index is 12.8. The van der Waals surface area contributed by atoms with Gasteiger partial charge in [-0.3, -0.25) is 9.59 Å². The van der Waals surface area contributed by atoms with E-state index in [4.69, 9.17) is 4.74 Å². The highest BCUT2D eigenvalue weighted by Crippen LogP contribution is 2.38. The number of carbonyl (C=O) groups excluding carboxylic acids is 2. The summed E-state index contributed by atoms with van der Waals surface area (Å²) in [6.45, 7) is 9.71. The van der Waals surface area contributed by atoms with E-state index < -0.39 is 11.8 Å². The Kier molecular flexibility index (Phi) is 5.57. The van der Waals surface area contributed by atoms with Gasteiger partial charge in [0.15, 0.2) is 6.10 Å². The molecule has 0 unspecified atom stereocenters. The first-order valence-corrected chi connectivity index (χ1v) is 9.67.